The molecule has 1 aromatic rings. The molecule has 0 aliphatic rings. The Balaban J connectivity index is 3.17. The van der Waals surface area contributed by atoms with Crippen LogP contribution in [-0.2, 0) is 4.74 Å². The van der Waals surface area contributed by atoms with Crippen molar-refractivity contribution < 1.29 is 13.9 Å². The van der Waals surface area contributed by atoms with Crippen molar-refractivity contribution >= 4 is 5.97 Å². The fourth-order valence-corrected chi connectivity index (χ4v) is 1.03. The topological polar surface area (TPSA) is 39.4 Å². The van der Waals surface area contributed by atoms with Gasteiger partial charge in [0.1, 0.15) is 5.76 Å². The molecule has 0 aromatic carbocycles. The molecule has 3 heteroatoms. The first-order valence-corrected chi connectivity index (χ1v) is 3.72. The standard InChI is InChI=1S/C9H12O3/c1-5-6(2)8(9(10)11-4)12-7(5)3/h1-4H3. The maximum atomic E-state index is 11.1. The minimum Gasteiger partial charge on any atom is -0.463 e. The molecule has 0 spiro atoms. The maximum Gasteiger partial charge on any atom is 0.374 e. The van der Waals surface area contributed by atoms with Gasteiger partial charge in [0.2, 0.25) is 5.76 Å². The molecule has 0 unspecified atom stereocenters. The van der Waals surface area contributed by atoms with Crippen LogP contribution in [-0.4, -0.2) is 13.1 Å². The first-order valence-electron chi connectivity index (χ1n) is 3.72. The molecule has 0 saturated carbocycles. The highest BCUT2D eigenvalue weighted by atomic mass is 16.5. The zero-order chi connectivity index (χ0) is 9.30. The third-order valence-corrected chi connectivity index (χ3v) is 2.06. The van der Waals surface area contributed by atoms with Gasteiger partial charge >= 0.3 is 5.97 Å². The van der Waals surface area contributed by atoms with Crippen LogP contribution in [0.5, 0.6) is 0 Å². The van der Waals surface area contributed by atoms with Gasteiger partial charge in [-0.05, 0) is 26.3 Å². The molecule has 0 aliphatic carbocycles. The van der Waals surface area contributed by atoms with Crippen molar-refractivity contribution in [2.24, 2.45) is 0 Å². The van der Waals surface area contributed by atoms with Gasteiger partial charge in [-0.25, -0.2) is 4.79 Å². The van der Waals surface area contributed by atoms with E-state index in [4.69, 9.17) is 4.42 Å². The van der Waals surface area contributed by atoms with Crippen molar-refractivity contribution in [1.82, 2.24) is 0 Å². The van der Waals surface area contributed by atoms with E-state index in [1.54, 1.807) is 0 Å². The summed E-state index contributed by atoms with van der Waals surface area (Å²) >= 11 is 0. The van der Waals surface area contributed by atoms with E-state index in [9.17, 15) is 4.79 Å². The highest BCUT2D eigenvalue weighted by Crippen LogP contribution is 2.20. The third kappa shape index (κ3) is 1.22. The van der Waals surface area contributed by atoms with Gasteiger partial charge in [0, 0.05) is 5.56 Å². The van der Waals surface area contributed by atoms with Crippen LogP contribution >= 0.6 is 0 Å². The number of aryl methyl sites for hydroxylation is 1. The summed E-state index contributed by atoms with van der Waals surface area (Å²) in [5, 5.41) is 0. The predicted molar refractivity (Wildman–Crippen MR) is 44.3 cm³/mol. The number of furan rings is 1. The quantitative estimate of drug-likeness (QED) is 0.602. The normalized spacial score (nSPS) is 10.0. The highest BCUT2D eigenvalue weighted by Gasteiger charge is 2.17. The van der Waals surface area contributed by atoms with E-state index in [0.717, 1.165) is 16.9 Å². The van der Waals surface area contributed by atoms with E-state index >= 15 is 0 Å². The van der Waals surface area contributed by atoms with Crippen LogP contribution in [0.3, 0.4) is 0 Å². The van der Waals surface area contributed by atoms with E-state index in [-0.39, 0.29) is 0 Å². The molecule has 0 atom stereocenters. The second-order valence-electron chi connectivity index (χ2n) is 2.73. The summed E-state index contributed by atoms with van der Waals surface area (Å²) < 4.78 is 9.78. The Morgan fingerprint density at radius 3 is 2.17 bits per heavy atom. The van der Waals surface area contributed by atoms with Crippen LogP contribution < -0.4 is 0 Å². The summed E-state index contributed by atoms with van der Waals surface area (Å²) in [7, 11) is 1.34. The van der Waals surface area contributed by atoms with Crippen molar-refractivity contribution in [1.29, 1.82) is 0 Å². The number of ether oxygens (including phenoxy) is 1. The first-order chi connectivity index (χ1) is 5.57. The molecule has 0 bridgehead atoms. The molecule has 1 heterocycles. The Morgan fingerprint density at radius 1 is 1.25 bits per heavy atom. The second kappa shape index (κ2) is 3.01. The molecule has 0 N–H and O–H groups in total. The number of esters is 1. The number of carbonyl (C=O) groups is 1. The van der Waals surface area contributed by atoms with Crippen molar-refractivity contribution in [3.8, 4) is 0 Å². The van der Waals surface area contributed by atoms with Gasteiger partial charge in [-0.3, -0.25) is 0 Å². The van der Waals surface area contributed by atoms with Gasteiger partial charge in [-0.15, -0.1) is 0 Å². The Morgan fingerprint density at radius 2 is 1.83 bits per heavy atom. The zero-order valence-corrected chi connectivity index (χ0v) is 7.72. The van der Waals surface area contributed by atoms with Gasteiger partial charge in [0.25, 0.3) is 0 Å². The summed E-state index contributed by atoms with van der Waals surface area (Å²) in [4.78, 5) is 11.1. The molecule has 0 aliphatic heterocycles. The van der Waals surface area contributed by atoms with Crippen LogP contribution in [0.1, 0.15) is 27.4 Å². The third-order valence-electron chi connectivity index (χ3n) is 2.06. The lowest BCUT2D eigenvalue weighted by atomic mass is 10.1. The summed E-state index contributed by atoms with van der Waals surface area (Å²) in [6.45, 7) is 5.59. The van der Waals surface area contributed by atoms with Gasteiger partial charge in [0.15, 0.2) is 0 Å². The molecule has 12 heavy (non-hydrogen) atoms. The van der Waals surface area contributed by atoms with E-state index in [2.05, 4.69) is 4.74 Å². The lowest BCUT2D eigenvalue weighted by Gasteiger charge is -1.94. The lowest BCUT2D eigenvalue weighted by Crippen LogP contribution is -2.00. The molecule has 1 rings (SSSR count). The van der Waals surface area contributed by atoms with Crippen molar-refractivity contribution in [2.75, 3.05) is 7.11 Å². The fraction of sp³-hybridized carbons (Fsp3) is 0.444. The van der Waals surface area contributed by atoms with Crippen LogP contribution in [0.2, 0.25) is 0 Å². The number of hydrogen-bond acceptors (Lipinski definition) is 3. The van der Waals surface area contributed by atoms with Crippen molar-refractivity contribution in [3.63, 3.8) is 0 Å². The summed E-state index contributed by atoms with van der Waals surface area (Å²) in [5.41, 5.74) is 1.87. The first kappa shape index (κ1) is 8.84. The fourth-order valence-electron chi connectivity index (χ4n) is 1.03. The monoisotopic (exact) mass is 168 g/mol. The minimum atomic E-state index is -0.413. The molecule has 66 valence electrons. The molecular formula is C9H12O3. The van der Waals surface area contributed by atoms with Gasteiger partial charge < -0.3 is 9.15 Å². The minimum absolute atomic E-state index is 0.313. The highest BCUT2D eigenvalue weighted by molar-refractivity contribution is 5.88. The maximum absolute atomic E-state index is 11.1. The Bertz CT molecular complexity index is 310. The Labute approximate surface area is 71.3 Å². The number of hydrogen-bond donors (Lipinski definition) is 0. The average Bonchev–Trinajstić information content (AvgIpc) is 2.32. The molecule has 0 fully saturated rings. The van der Waals surface area contributed by atoms with Gasteiger partial charge in [-0.1, -0.05) is 0 Å². The second-order valence-corrected chi connectivity index (χ2v) is 2.73. The molecular weight excluding hydrogens is 156 g/mol. The number of carbonyl (C=O) groups excluding carboxylic acids is 1. The molecule has 0 saturated heterocycles. The Hall–Kier alpha value is -1.25. The van der Waals surface area contributed by atoms with E-state index in [1.165, 1.54) is 7.11 Å². The van der Waals surface area contributed by atoms with E-state index in [0.29, 0.717) is 5.76 Å². The zero-order valence-electron chi connectivity index (χ0n) is 7.72. The summed E-state index contributed by atoms with van der Waals surface area (Å²) in [6, 6.07) is 0. The lowest BCUT2D eigenvalue weighted by molar-refractivity contribution is 0.0562. The molecule has 3 nitrogen and oxygen atoms in total. The van der Waals surface area contributed by atoms with Crippen LogP contribution in [0, 0.1) is 20.8 Å². The molecule has 1 aromatic heterocycles. The van der Waals surface area contributed by atoms with Crippen LogP contribution in [0.25, 0.3) is 0 Å². The number of rotatable bonds is 1. The SMILES string of the molecule is COC(=O)c1oc(C)c(C)c1C. The number of methoxy groups -OCH3 is 1. The van der Waals surface area contributed by atoms with Gasteiger partial charge in [0.05, 0.1) is 7.11 Å². The summed E-state index contributed by atoms with van der Waals surface area (Å²) in [5.74, 6) is 0.670. The Kier molecular flexibility index (Phi) is 2.22. The summed E-state index contributed by atoms with van der Waals surface area (Å²) in [6.07, 6.45) is 0. The van der Waals surface area contributed by atoms with Crippen molar-refractivity contribution in [3.05, 3.63) is 22.6 Å². The predicted octanol–water partition coefficient (Wildman–Crippen LogP) is 1.99. The largest absolute Gasteiger partial charge is 0.463 e. The van der Waals surface area contributed by atoms with Crippen molar-refractivity contribution in [2.45, 2.75) is 20.8 Å². The molecule has 0 amide bonds. The van der Waals surface area contributed by atoms with Gasteiger partial charge in [-0.2, -0.15) is 0 Å². The van der Waals surface area contributed by atoms with E-state index in [1.807, 2.05) is 20.8 Å². The van der Waals surface area contributed by atoms with E-state index < -0.39 is 5.97 Å². The average molecular weight is 168 g/mol. The van der Waals surface area contributed by atoms with Crippen LogP contribution in [0.15, 0.2) is 4.42 Å². The van der Waals surface area contributed by atoms with Crippen LogP contribution in [0.4, 0.5) is 0 Å². The molecule has 0 radical (unpaired) electrons. The smallest absolute Gasteiger partial charge is 0.374 e.